The van der Waals surface area contributed by atoms with E-state index in [1.54, 1.807) is 44.2 Å². The molecule has 24 heavy (non-hydrogen) atoms. The van der Waals surface area contributed by atoms with Gasteiger partial charge in [0.1, 0.15) is 0 Å². The molecule has 1 aromatic carbocycles. The Balaban J connectivity index is 2.52. The number of hydrogen-bond acceptors (Lipinski definition) is 2. The number of benzene rings is 1. The van der Waals surface area contributed by atoms with Crippen molar-refractivity contribution in [3.8, 4) is 0 Å². The molecule has 0 saturated heterocycles. The molecule has 0 N–H and O–H groups in total. The number of halogens is 5. The minimum absolute atomic E-state index is 0.0227. The maximum absolute atomic E-state index is 12.7. The van der Waals surface area contributed by atoms with E-state index < -0.39 is 27.1 Å². The van der Waals surface area contributed by atoms with E-state index in [1.807, 2.05) is 0 Å². The Labute approximate surface area is 135 Å². The molecule has 132 valence electrons. The highest BCUT2D eigenvalue weighted by Crippen LogP contribution is 3.01. The first kappa shape index (κ1) is 18.2. The molecule has 9 heteroatoms. The van der Waals surface area contributed by atoms with Crippen molar-refractivity contribution in [1.29, 1.82) is 0 Å². The first-order chi connectivity index (χ1) is 10.8. The molecule has 0 unspecified atom stereocenters. The number of carbonyl (C=O) groups is 1. The number of aromatic nitrogens is 1. The molecule has 3 nitrogen and oxygen atoms in total. The molecule has 1 heterocycles. The molecule has 0 aliphatic rings. The van der Waals surface area contributed by atoms with Crippen molar-refractivity contribution >= 4 is 27.5 Å². The van der Waals surface area contributed by atoms with Gasteiger partial charge in [-0.3, -0.25) is 9.69 Å². The summed E-state index contributed by atoms with van der Waals surface area (Å²) in [4.78, 5) is 16.4. The third-order valence-electron chi connectivity index (χ3n) is 3.10. The maximum atomic E-state index is 12.7. The molecule has 2 aromatic rings. The largest absolute Gasteiger partial charge is 0.325 e. The van der Waals surface area contributed by atoms with Gasteiger partial charge in [-0.05, 0) is 24.3 Å². The summed E-state index contributed by atoms with van der Waals surface area (Å²) in [6.45, 7) is 3.24. The monoisotopic (exact) mass is 366 g/mol. The number of nitrogens with zero attached hydrogens (tertiary/aromatic N) is 2. The smallest absolute Gasteiger partial charge is 0.279 e. The fourth-order valence-corrected chi connectivity index (χ4v) is 2.55. The van der Waals surface area contributed by atoms with Crippen LogP contribution in [0.2, 0.25) is 0 Å². The third kappa shape index (κ3) is 4.02. The number of anilines is 2. The number of carbonyl (C=O) groups excluding carboxylic acids is 1. The molecule has 0 atom stereocenters. The van der Waals surface area contributed by atoms with Gasteiger partial charge in [-0.1, -0.05) is 51.5 Å². The fourth-order valence-electron chi connectivity index (χ4n) is 1.97. The average Bonchev–Trinajstić information content (AvgIpc) is 2.46. The third-order valence-corrected chi connectivity index (χ3v) is 4.13. The van der Waals surface area contributed by atoms with Crippen LogP contribution in [0, 0.1) is 5.92 Å². The van der Waals surface area contributed by atoms with Crippen LogP contribution in [0.15, 0.2) is 53.7 Å². The lowest BCUT2D eigenvalue weighted by atomic mass is 10.1. The zero-order valence-electron chi connectivity index (χ0n) is 12.8. The molecule has 0 spiro atoms. The number of amides is 1. The van der Waals surface area contributed by atoms with Gasteiger partial charge in [0, 0.05) is 11.6 Å². The van der Waals surface area contributed by atoms with Gasteiger partial charge in [0.15, 0.2) is 5.03 Å². The van der Waals surface area contributed by atoms with Crippen LogP contribution in [0.4, 0.5) is 30.8 Å². The molecule has 1 amide bonds. The van der Waals surface area contributed by atoms with Crippen LogP contribution in [-0.2, 0) is 4.79 Å². The highest BCUT2D eigenvalue weighted by molar-refractivity contribution is 8.45. The summed E-state index contributed by atoms with van der Waals surface area (Å²) in [6.07, 6.45) is 0.626. The van der Waals surface area contributed by atoms with Crippen LogP contribution in [0.1, 0.15) is 13.8 Å². The lowest BCUT2D eigenvalue weighted by Crippen LogP contribution is -2.30. The fraction of sp³-hybridized carbons (Fsp3) is 0.200. The summed E-state index contributed by atoms with van der Waals surface area (Å²) < 4.78 is 63.7. The number of hydrogen-bond donors (Lipinski definition) is 0. The quantitative estimate of drug-likeness (QED) is 0.616. The first-order valence-corrected chi connectivity index (χ1v) is 8.84. The summed E-state index contributed by atoms with van der Waals surface area (Å²) in [7, 11) is -9.84. The number of para-hydroxylation sites is 1. The SMILES string of the molecule is CC(C)C(=O)N(c1ccccc1)c1ccc(S(F)(F)(F)(F)F)nc1. The Hall–Kier alpha value is -2.16. The standard InChI is InChI=1S/C15H15F5N2OS/c1-11(2)15(23)22(12-6-4-3-5-7-12)13-8-9-14(21-10-13)24(16,17,18,19)20/h3-11H,1-2H3. The molecule has 0 saturated carbocycles. The van der Waals surface area contributed by atoms with Crippen molar-refractivity contribution in [2.45, 2.75) is 18.9 Å². The lowest BCUT2D eigenvalue weighted by molar-refractivity contribution is -0.120. The maximum Gasteiger partial charge on any atom is 0.325 e. The summed E-state index contributed by atoms with van der Waals surface area (Å²) in [5, 5.41) is -2.23. The molecular formula is C15H15F5N2OS. The molecule has 0 radical (unpaired) electrons. The minimum Gasteiger partial charge on any atom is -0.279 e. The van der Waals surface area contributed by atoms with Gasteiger partial charge in [0.05, 0.1) is 11.9 Å². The normalized spacial score (nSPS) is 14.8. The highest BCUT2D eigenvalue weighted by atomic mass is 32.5. The number of pyridine rings is 1. The Bertz CT molecular complexity index is 745. The molecule has 1 aromatic heterocycles. The zero-order chi connectivity index (χ0) is 18.2. The van der Waals surface area contributed by atoms with Crippen molar-refractivity contribution in [3.05, 3.63) is 48.7 Å². The van der Waals surface area contributed by atoms with E-state index in [0.717, 1.165) is 11.0 Å². The molecule has 2 rings (SSSR count). The predicted octanol–water partition coefficient (Wildman–Crippen LogP) is 6.06. The Morgan fingerprint density at radius 3 is 1.96 bits per heavy atom. The van der Waals surface area contributed by atoms with Gasteiger partial charge >= 0.3 is 10.2 Å². The van der Waals surface area contributed by atoms with Crippen molar-refractivity contribution in [3.63, 3.8) is 0 Å². The summed E-state index contributed by atoms with van der Waals surface area (Å²) in [5.74, 6) is -0.858. The summed E-state index contributed by atoms with van der Waals surface area (Å²) in [5.41, 5.74) is 0.378. The second kappa shape index (κ2) is 5.17. The second-order valence-corrected chi connectivity index (χ2v) is 7.84. The highest BCUT2D eigenvalue weighted by Gasteiger charge is 2.67. The van der Waals surface area contributed by atoms with Crippen LogP contribution >= 0.6 is 10.2 Å². The van der Waals surface area contributed by atoms with E-state index in [-0.39, 0.29) is 11.8 Å². The Morgan fingerprint density at radius 2 is 1.54 bits per heavy atom. The number of rotatable bonds is 4. The van der Waals surface area contributed by atoms with Gasteiger partial charge in [0.2, 0.25) is 5.91 Å². The van der Waals surface area contributed by atoms with Crippen LogP contribution in [0.5, 0.6) is 0 Å². The van der Waals surface area contributed by atoms with Gasteiger partial charge in [-0.25, -0.2) is 4.98 Å². The van der Waals surface area contributed by atoms with E-state index in [4.69, 9.17) is 0 Å². The van der Waals surface area contributed by atoms with Crippen LogP contribution in [0.25, 0.3) is 0 Å². The molecule has 0 aliphatic carbocycles. The zero-order valence-corrected chi connectivity index (χ0v) is 13.6. The van der Waals surface area contributed by atoms with E-state index in [1.165, 1.54) is 0 Å². The van der Waals surface area contributed by atoms with E-state index >= 15 is 0 Å². The van der Waals surface area contributed by atoms with Crippen LogP contribution in [-0.4, -0.2) is 10.9 Å². The predicted molar refractivity (Wildman–Crippen MR) is 84.1 cm³/mol. The molecule has 0 fully saturated rings. The first-order valence-electron chi connectivity index (χ1n) is 6.89. The Morgan fingerprint density at radius 1 is 0.958 bits per heavy atom. The van der Waals surface area contributed by atoms with E-state index in [0.29, 0.717) is 11.9 Å². The van der Waals surface area contributed by atoms with Gasteiger partial charge in [0.25, 0.3) is 0 Å². The lowest BCUT2D eigenvalue weighted by Gasteiger charge is -2.39. The molecular weight excluding hydrogens is 351 g/mol. The van der Waals surface area contributed by atoms with Crippen molar-refractivity contribution in [1.82, 2.24) is 4.98 Å². The van der Waals surface area contributed by atoms with Crippen molar-refractivity contribution < 1.29 is 24.2 Å². The van der Waals surface area contributed by atoms with E-state index in [2.05, 4.69) is 4.98 Å². The average molecular weight is 366 g/mol. The molecule has 0 aliphatic heterocycles. The van der Waals surface area contributed by atoms with Crippen molar-refractivity contribution in [2.24, 2.45) is 5.92 Å². The van der Waals surface area contributed by atoms with Crippen LogP contribution in [0.3, 0.4) is 0 Å². The minimum atomic E-state index is -9.84. The van der Waals surface area contributed by atoms with E-state index in [9.17, 15) is 24.2 Å². The summed E-state index contributed by atoms with van der Waals surface area (Å²) in [6, 6.07) is 9.17. The second-order valence-electron chi connectivity index (χ2n) is 5.49. The van der Waals surface area contributed by atoms with Crippen molar-refractivity contribution in [2.75, 3.05) is 4.90 Å². The molecule has 0 bridgehead atoms. The topological polar surface area (TPSA) is 33.2 Å². The van der Waals surface area contributed by atoms with Gasteiger partial charge in [-0.2, -0.15) is 0 Å². The Kier molecular flexibility index (Phi) is 3.92. The van der Waals surface area contributed by atoms with Gasteiger partial charge in [-0.15, -0.1) is 0 Å². The van der Waals surface area contributed by atoms with Gasteiger partial charge < -0.3 is 0 Å². The summed E-state index contributed by atoms with van der Waals surface area (Å²) >= 11 is 0. The van der Waals surface area contributed by atoms with Crippen LogP contribution < -0.4 is 4.90 Å².